The summed E-state index contributed by atoms with van der Waals surface area (Å²) >= 11 is 0. The molecule has 1 amide bonds. The smallest absolute Gasteiger partial charge is 0.343 e. The van der Waals surface area contributed by atoms with Crippen molar-refractivity contribution in [1.29, 1.82) is 0 Å². The first-order chi connectivity index (χ1) is 15.8. The van der Waals surface area contributed by atoms with Gasteiger partial charge in [0.25, 0.3) is 11.6 Å². The fourth-order valence-corrected chi connectivity index (χ4v) is 2.73. The summed E-state index contributed by atoms with van der Waals surface area (Å²) in [6, 6.07) is 19.1. The lowest BCUT2D eigenvalue weighted by molar-refractivity contribution is -0.384. The second-order valence-corrected chi connectivity index (χ2v) is 7.07. The van der Waals surface area contributed by atoms with E-state index in [0.29, 0.717) is 22.6 Å². The van der Waals surface area contributed by atoms with E-state index in [-0.39, 0.29) is 5.69 Å². The Balaban J connectivity index is 1.49. The Morgan fingerprint density at radius 3 is 2.33 bits per heavy atom. The van der Waals surface area contributed by atoms with Crippen LogP contribution in [0.4, 0.5) is 5.69 Å². The van der Waals surface area contributed by atoms with Crippen LogP contribution >= 0.6 is 0 Å². The SMILES string of the molecule is Cc1cccc(C(=O)Oc2ccc(/C=N/NC(=O)C(C)Oc3ccc([N+](=O)[O-])cc3)cc2)c1. The summed E-state index contributed by atoms with van der Waals surface area (Å²) < 4.78 is 10.8. The fraction of sp³-hybridized carbons (Fsp3) is 0.125. The topological polar surface area (TPSA) is 120 Å². The number of hydrogen-bond donors (Lipinski definition) is 1. The van der Waals surface area contributed by atoms with Gasteiger partial charge in [-0.1, -0.05) is 17.7 Å². The van der Waals surface area contributed by atoms with Crippen molar-refractivity contribution in [2.75, 3.05) is 0 Å². The van der Waals surface area contributed by atoms with Gasteiger partial charge in [0, 0.05) is 12.1 Å². The van der Waals surface area contributed by atoms with Crippen molar-refractivity contribution in [2.45, 2.75) is 20.0 Å². The zero-order valence-corrected chi connectivity index (χ0v) is 17.9. The minimum atomic E-state index is -0.869. The normalized spacial score (nSPS) is 11.6. The number of carbonyl (C=O) groups is 2. The zero-order valence-electron chi connectivity index (χ0n) is 17.9. The van der Waals surface area contributed by atoms with Gasteiger partial charge in [-0.3, -0.25) is 14.9 Å². The zero-order chi connectivity index (χ0) is 23.8. The Kier molecular flexibility index (Phi) is 7.48. The van der Waals surface area contributed by atoms with E-state index < -0.39 is 22.9 Å². The Bertz CT molecular complexity index is 1170. The molecule has 0 aliphatic heterocycles. The molecule has 0 bridgehead atoms. The first kappa shape index (κ1) is 23.1. The van der Waals surface area contributed by atoms with Crippen molar-refractivity contribution in [1.82, 2.24) is 5.43 Å². The molecule has 0 heterocycles. The Hall–Kier alpha value is -4.53. The van der Waals surface area contributed by atoms with Gasteiger partial charge >= 0.3 is 5.97 Å². The van der Waals surface area contributed by atoms with Crippen molar-refractivity contribution in [2.24, 2.45) is 5.10 Å². The largest absolute Gasteiger partial charge is 0.481 e. The highest BCUT2D eigenvalue weighted by molar-refractivity contribution is 5.91. The lowest BCUT2D eigenvalue weighted by atomic mass is 10.1. The van der Waals surface area contributed by atoms with Crippen LogP contribution in [0.2, 0.25) is 0 Å². The third-order valence-electron chi connectivity index (χ3n) is 4.46. The van der Waals surface area contributed by atoms with Crippen LogP contribution in [0.25, 0.3) is 0 Å². The molecule has 0 aliphatic carbocycles. The molecule has 0 aliphatic rings. The van der Waals surface area contributed by atoms with Gasteiger partial charge < -0.3 is 9.47 Å². The van der Waals surface area contributed by atoms with E-state index in [9.17, 15) is 19.7 Å². The number of ether oxygens (including phenoxy) is 2. The van der Waals surface area contributed by atoms with Crippen molar-refractivity contribution in [3.8, 4) is 11.5 Å². The molecule has 0 radical (unpaired) electrons. The summed E-state index contributed by atoms with van der Waals surface area (Å²) in [7, 11) is 0. The highest BCUT2D eigenvalue weighted by Gasteiger charge is 2.15. The van der Waals surface area contributed by atoms with Gasteiger partial charge in [0.15, 0.2) is 6.10 Å². The third-order valence-corrected chi connectivity index (χ3v) is 4.46. The maximum absolute atomic E-state index is 12.2. The van der Waals surface area contributed by atoms with Crippen LogP contribution in [0, 0.1) is 17.0 Å². The van der Waals surface area contributed by atoms with E-state index in [1.807, 2.05) is 13.0 Å². The Morgan fingerprint density at radius 1 is 1.03 bits per heavy atom. The van der Waals surface area contributed by atoms with E-state index >= 15 is 0 Å². The fourth-order valence-electron chi connectivity index (χ4n) is 2.73. The highest BCUT2D eigenvalue weighted by atomic mass is 16.6. The van der Waals surface area contributed by atoms with Gasteiger partial charge in [-0.25, -0.2) is 10.2 Å². The third kappa shape index (κ3) is 6.73. The van der Waals surface area contributed by atoms with Gasteiger partial charge in [-0.2, -0.15) is 5.10 Å². The quantitative estimate of drug-likeness (QED) is 0.183. The Labute approximate surface area is 189 Å². The van der Waals surface area contributed by atoms with Crippen molar-refractivity contribution in [3.05, 3.63) is 99.6 Å². The molecular formula is C24H21N3O6. The number of nitrogens with zero attached hydrogens (tertiary/aromatic N) is 2. The molecule has 3 rings (SSSR count). The number of carbonyl (C=O) groups excluding carboxylic acids is 2. The maximum Gasteiger partial charge on any atom is 0.343 e. The maximum atomic E-state index is 12.2. The van der Waals surface area contributed by atoms with E-state index in [1.165, 1.54) is 37.4 Å². The number of non-ortho nitro benzene ring substituents is 1. The van der Waals surface area contributed by atoms with Crippen molar-refractivity contribution in [3.63, 3.8) is 0 Å². The number of benzene rings is 3. The molecule has 0 saturated carbocycles. The number of amides is 1. The van der Waals surface area contributed by atoms with Gasteiger partial charge in [0.05, 0.1) is 16.7 Å². The number of hydrogen-bond acceptors (Lipinski definition) is 7. The van der Waals surface area contributed by atoms with Crippen LogP contribution in [-0.4, -0.2) is 29.1 Å². The van der Waals surface area contributed by atoms with Gasteiger partial charge in [0.1, 0.15) is 11.5 Å². The lowest BCUT2D eigenvalue weighted by Gasteiger charge is -2.12. The number of nitro groups is 1. The average molecular weight is 447 g/mol. The van der Waals surface area contributed by atoms with Crippen LogP contribution in [0.15, 0.2) is 77.9 Å². The molecule has 0 spiro atoms. The number of nitro benzene ring substituents is 1. The van der Waals surface area contributed by atoms with Gasteiger partial charge in [0.2, 0.25) is 0 Å². The first-order valence-electron chi connectivity index (χ1n) is 9.95. The van der Waals surface area contributed by atoms with E-state index in [2.05, 4.69) is 10.5 Å². The minimum Gasteiger partial charge on any atom is -0.481 e. The summed E-state index contributed by atoms with van der Waals surface area (Å²) in [5.74, 6) is -0.237. The van der Waals surface area contributed by atoms with Crippen molar-refractivity contribution < 1.29 is 24.0 Å². The molecule has 0 saturated heterocycles. The lowest BCUT2D eigenvalue weighted by Crippen LogP contribution is -2.33. The summed E-state index contributed by atoms with van der Waals surface area (Å²) in [5.41, 5.74) is 4.40. The summed E-state index contributed by atoms with van der Waals surface area (Å²) in [6.07, 6.45) is 0.565. The monoisotopic (exact) mass is 447 g/mol. The molecule has 1 N–H and O–H groups in total. The number of nitrogens with one attached hydrogen (secondary N) is 1. The molecular weight excluding hydrogens is 426 g/mol. The van der Waals surface area contributed by atoms with Crippen LogP contribution in [0.3, 0.4) is 0 Å². The van der Waals surface area contributed by atoms with E-state index in [0.717, 1.165) is 5.56 Å². The molecule has 33 heavy (non-hydrogen) atoms. The molecule has 0 aromatic heterocycles. The second kappa shape index (κ2) is 10.7. The average Bonchev–Trinajstić information content (AvgIpc) is 2.80. The van der Waals surface area contributed by atoms with Crippen LogP contribution in [0.5, 0.6) is 11.5 Å². The molecule has 3 aromatic rings. The number of rotatable bonds is 8. The number of esters is 1. The summed E-state index contributed by atoms with van der Waals surface area (Å²) in [6.45, 7) is 3.43. The van der Waals surface area contributed by atoms with Gasteiger partial charge in [-0.15, -0.1) is 0 Å². The predicted molar refractivity (Wildman–Crippen MR) is 122 cm³/mol. The van der Waals surface area contributed by atoms with E-state index in [4.69, 9.17) is 9.47 Å². The first-order valence-corrected chi connectivity index (χ1v) is 9.95. The predicted octanol–water partition coefficient (Wildman–Crippen LogP) is 4.04. The summed E-state index contributed by atoms with van der Waals surface area (Å²) in [5, 5.41) is 14.6. The molecule has 1 unspecified atom stereocenters. The van der Waals surface area contributed by atoms with Crippen LogP contribution in [0.1, 0.15) is 28.4 Å². The van der Waals surface area contributed by atoms with Gasteiger partial charge in [-0.05, 0) is 67.9 Å². The standard InChI is InChI=1S/C24H21N3O6/c1-16-4-3-5-19(14-16)24(29)33-22-10-6-18(7-11-22)15-25-26-23(28)17(2)32-21-12-8-20(9-13-21)27(30)31/h3-15,17H,1-2H3,(H,26,28)/b25-15+. The summed E-state index contributed by atoms with van der Waals surface area (Å²) in [4.78, 5) is 34.5. The molecule has 168 valence electrons. The number of aryl methyl sites for hydroxylation is 1. The second-order valence-electron chi connectivity index (χ2n) is 7.07. The Morgan fingerprint density at radius 2 is 1.70 bits per heavy atom. The van der Waals surface area contributed by atoms with E-state index in [1.54, 1.807) is 42.5 Å². The molecule has 3 aromatic carbocycles. The van der Waals surface area contributed by atoms with Crippen molar-refractivity contribution >= 4 is 23.8 Å². The highest BCUT2D eigenvalue weighted by Crippen LogP contribution is 2.18. The van der Waals surface area contributed by atoms with Crippen LogP contribution in [-0.2, 0) is 4.79 Å². The minimum absolute atomic E-state index is 0.0694. The molecule has 0 fully saturated rings. The molecule has 9 nitrogen and oxygen atoms in total. The number of hydrazone groups is 1. The molecule has 9 heteroatoms. The molecule has 1 atom stereocenters. The van der Waals surface area contributed by atoms with Crippen LogP contribution < -0.4 is 14.9 Å².